The van der Waals surface area contributed by atoms with Crippen molar-refractivity contribution in [1.29, 1.82) is 5.26 Å². The highest BCUT2D eigenvalue weighted by Gasteiger charge is 2.21. The number of nitro benzene ring substituents is 1. The summed E-state index contributed by atoms with van der Waals surface area (Å²) in [7, 11) is 1.84. The summed E-state index contributed by atoms with van der Waals surface area (Å²) in [5.41, 5.74) is 2.01. The van der Waals surface area contributed by atoms with Crippen LogP contribution < -0.4 is 4.90 Å². The summed E-state index contributed by atoms with van der Waals surface area (Å²) < 4.78 is 0. The fourth-order valence-corrected chi connectivity index (χ4v) is 2.84. The van der Waals surface area contributed by atoms with Crippen molar-refractivity contribution in [3.63, 3.8) is 0 Å². The second kappa shape index (κ2) is 6.37. The van der Waals surface area contributed by atoms with Gasteiger partial charge in [-0.05, 0) is 47.9 Å². The minimum absolute atomic E-state index is 0.0336. The van der Waals surface area contributed by atoms with Crippen molar-refractivity contribution in [2.45, 2.75) is 19.4 Å². The normalized spacial score (nSPS) is 11.7. The van der Waals surface area contributed by atoms with Crippen LogP contribution in [-0.2, 0) is 6.42 Å². The van der Waals surface area contributed by atoms with Gasteiger partial charge in [0.05, 0.1) is 16.6 Å². The predicted octanol–water partition coefficient (Wildman–Crippen LogP) is 3.60. The van der Waals surface area contributed by atoms with E-state index in [0.717, 1.165) is 6.42 Å². The van der Waals surface area contributed by atoms with Gasteiger partial charge in [-0.25, -0.2) is 0 Å². The van der Waals surface area contributed by atoms with Crippen LogP contribution >= 0.6 is 11.3 Å². The molecule has 0 saturated carbocycles. The molecule has 21 heavy (non-hydrogen) atoms. The second-order valence-electron chi connectivity index (χ2n) is 4.87. The molecule has 0 saturated heterocycles. The van der Waals surface area contributed by atoms with Gasteiger partial charge in [-0.1, -0.05) is 0 Å². The Kier molecular flexibility index (Phi) is 4.55. The van der Waals surface area contributed by atoms with Crippen LogP contribution in [0.5, 0.6) is 0 Å². The maximum atomic E-state index is 11.2. The van der Waals surface area contributed by atoms with Gasteiger partial charge in [0.15, 0.2) is 0 Å². The molecule has 108 valence electrons. The summed E-state index contributed by atoms with van der Waals surface area (Å²) in [6.45, 7) is 2.03. The van der Waals surface area contributed by atoms with E-state index < -0.39 is 4.92 Å². The molecule has 2 rings (SSSR count). The van der Waals surface area contributed by atoms with E-state index in [9.17, 15) is 10.1 Å². The van der Waals surface area contributed by atoms with Gasteiger partial charge < -0.3 is 4.90 Å². The van der Waals surface area contributed by atoms with Crippen molar-refractivity contribution in [2.75, 3.05) is 11.9 Å². The van der Waals surface area contributed by atoms with Gasteiger partial charge in [0.2, 0.25) is 0 Å². The molecule has 1 aromatic heterocycles. The van der Waals surface area contributed by atoms with Gasteiger partial charge in [-0.15, -0.1) is 0 Å². The van der Waals surface area contributed by atoms with E-state index in [2.05, 4.69) is 11.4 Å². The molecule has 5 nitrogen and oxygen atoms in total. The monoisotopic (exact) mass is 301 g/mol. The number of benzene rings is 1. The van der Waals surface area contributed by atoms with Crippen LogP contribution in [0.2, 0.25) is 0 Å². The van der Waals surface area contributed by atoms with Crippen molar-refractivity contribution in [1.82, 2.24) is 0 Å². The minimum Gasteiger partial charge on any atom is -0.366 e. The SMILES string of the molecule is CC(Cc1ccsc1)N(C)c1ccc(C#N)cc1[N+](=O)[O-]. The molecule has 0 fully saturated rings. The van der Waals surface area contributed by atoms with E-state index in [1.165, 1.54) is 11.6 Å². The lowest BCUT2D eigenvalue weighted by atomic mass is 10.1. The number of hydrogen-bond donors (Lipinski definition) is 0. The number of nitrogens with zero attached hydrogens (tertiary/aromatic N) is 3. The van der Waals surface area contributed by atoms with Crippen LogP contribution in [0.25, 0.3) is 0 Å². The Balaban J connectivity index is 2.27. The molecule has 1 atom stereocenters. The Labute approximate surface area is 127 Å². The number of nitriles is 1. The van der Waals surface area contributed by atoms with Crippen LogP contribution in [0.1, 0.15) is 18.1 Å². The first kappa shape index (κ1) is 15.0. The highest BCUT2D eigenvalue weighted by molar-refractivity contribution is 7.07. The van der Waals surface area contributed by atoms with E-state index in [0.29, 0.717) is 11.3 Å². The summed E-state index contributed by atoms with van der Waals surface area (Å²) in [4.78, 5) is 12.7. The van der Waals surface area contributed by atoms with Crippen molar-refractivity contribution >= 4 is 22.7 Å². The van der Waals surface area contributed by atoms with Crippen LogP contribution in [0.3, 0.4) is 0 Å². The average Bonchev–Trinajstić information content (AvgIpc) is 2.98. The average molecular weight is 301 g/mol. The molecule has 2 aromatic rings. The van der Waals surface area contributed by atoms with E-state index in [1.54, 1.807) is 23.5 Å². The van der Waals surface area contributed by atoms with Crippen LogP contribution in [0, 0.1) is 21.4 Å². The molecule has 1 heterocycles. The zero-order valence-corrected chi connectivity index (χ0v) is 12.6. The third-order valence-electron chi connectivity index (χ3n) is 3.45. The molecule has 0 amide bonds. The first-order valence-electron chi connectivity index (χ1n) is 6.45. The molecule has 1 unspecified atom stereocenters. The van der Waals surface area contributed by atoms with Crippen molar-refractivity contribution in [2.24, 2.45) is 0 Å². The lowest BCUT2D eigenvalue weighted by Crippen LogP contribution is -2.31. The third kappa shape index (κ3) is 3.38. The molecule has 0 aliphatic carbocycles. The van der Waals surface area contributed by atoms with E-state index in [1.807, 2.05) is 30.3 Å². The summed E-state index contributed by atoms with van der Waals surface area (Å²) in [5.74, 6) is 0. The number of anilines is 1. The zero-order valence-electron chi connectivity index (χ0n) is 11.8. The first-order chi connectivity index (χ1) is 10.0. The highest BCUT2D eigenvalue weighted by atomic mass is 32.1. The first-order valence-corrected chi connectivity index (χ1v) is 7.39. The number of thiophene rings is 1. The van der Waals surface area contributed by atoms with Crippen LogP contribution in [-0.4, -0.2) is 18.0 Å². The summed E-state index contributed by atoms with van der Waals surface area (Å²) in [6, 6.07) is 8.68. The third-order valence-corrected chi connectivity index (χ3v) is 4.19. The molecule has 6 heteroatoms. The van der Waals surface area contributed by atoms with Crippen LogP contribution in [0.4, 0.5) is 11.4 Å². The maximum absolute atomic E-state index is 11.2. The number of likely N-dealkylation sites (N-methyl/N-ethyl adjacent to an activating group) is 1. The standard InChI is InChI=1S/C15H15N3O2S/c1-11(7-13-5-6-21-10-13)17(2)14-4-3-12(9-16)8-15(14)18(19)20/h3-6,8,10-11H,7H2,1-2H3. The van der Waals surface area contributed by atoms with Crippen molar-refractivity contribution in [3.05, 3.63) is 56.3 Å². The van der Waals surface area contributed by atoms with Gasteiger partial charge in [0.1, 0.15) is 5.69 Å². The molecule has 0 aliphatic heterocycles. The van der Waals surface area contributed by atoms with Crippen molar-refractivity contribution < 1.29 is 4.92 Å². The van der Waals surface area contributed by atoms with Gasteiger partial charge in [0, 0.05) is 19.2 Å². The van der Waals surface area contributed by atoms with Gasteiger partial charge >= 0.3 is 0 Å². The Morgan fingerprint density at radius 3 is 2.81 bits per heavy atom. The largest absolute Gasteiger partial charge is 0.366 e. The second-order valence-corrected chi connectivity index (χ2v) is 5.65. The van der Waals surface area contributed by atoms with Gasteiger partial charge in [-0.2, -0.15) is 16.6 Å². The fraction of sp³-hybridized carbons (Fsp3) is 0.267. The van der Waals surface area contributed by atoms with E-state index in [4.69, 9.17) is 5.26 Å². The van der Waals surface area contributed by atoms with E-state index in [-0.39, 0.29) is 11.7 Å². The topological polar surface area (TPSA) is 70.2 Å². The number of hydrogen-bond acceptors (Lipinski definition) is 5. The number of nitro groups is 1. The molecular weight excluding hydrogens is 286 g/mol. The Hall–Kier alpha value is -2.39. The zero-order chi connectivity index (χ0) is 15.4. The summed E-state index contributed by atoms with van der Waals surface area (Å²) >= 11 is 1.64. The molecule has 0 aliphatic rings. The fourth-order valence-electron chi connectivity index (χ4n) is 2.16. The summed E-state index contributed by atoms with van der Waals surface area (Å²) in [6.07, 6.45) is 0.817. The number of rotatable bonds is 5. The Morgan fingerprint density at radius 1 is 1.48 bits per heavy atom. The predicted molar refractivity (Wildman–Crippen MR) is 83.7 cm³/mol. The Bertz CT molecular complexity index is 677. The molecule has 0 N–H and O–H groups in total. The Morgan fingerprint density at radius 2 is 2.24 bits per heavy atom. The van der Waals surface area contributed by atoms with E-state index >= 15 is 0 Å². The molecule has 0 bridgehead atoms. The molecule has 0 radical (unpaired) electrons. The molecular formula is C15H15N3O2S. The van der Waals surface area contributed by atoms with Gasteiger partial charge in [0.25, 0.3) is 5.69 Å². The minimum atomic E-state index is -0.440. The molecule has 0 spiro atoms. The maximum Gasteiger partial charge on any atom is 0.293 e. The van der Waals surface area contributed by atoms with Crippen molar-refractivity contribution in [3.8, 4) is 6.07 Å². The highest BCUT2D eigenvalue weighted by Crippen LogP contribution is 2.30. The van der Waals surface area contributed by atoms with Gasteiger partial charge in [-0.3, -0.25) is 10.1 Å². The smallest absolute Gasteiger partial charge is 0.293 e. The molecule has 1 aromatic carbocycles. The lowest BCUT2D eigenvalue weighted by Gasteiger charge is -2.26. The lowest BCUT2D eigenvalue weighted by molar-refractivity contribution is -0.384. The van der Waals surface area contributed by atoms with Crippen LogP contribution in [0.15, 0.2) is 35.0 Å². The quantitative estimate of drug-likeness (QED) is 0.625. The summed E-state index contributed by atoms with van der Waals surface area (Å²) in [5, 5.41) is 24.2.